The average molecular weight is 1020 g/mol. The molecule has 0 aromatic rings. The highest BCUT2D eigenvalue weighted by Gasteiger charge is 2.18. The molecular weight excluding hydrogens is 899 g/mol. The zero-order valence-corrected chi connectivity index (χ0v) is 48.9. The normalized spacial score (nSPS) is 12.9. The predicted molar refractivity (Wildman–Crippen MR) is 319 cm³/mol. The summed E-state index contributed by atoms with van der Waals surface area (Å²) in [7, 11) is 0. The van der Waals surface area contributed by atoms with E-state index >= 15 is 0 Å². The molecular formula is C67H125NO5. The number of nitrogens with one attached hydrogen (secondary N) is 1. The Hall–Kier alpha value is -2.18. The van der Waals surface area contributed by atoms with Crippen LogP contribution in [0.5, 0.6) is 0 Å². The van der Waals surface area contributed by atoms with Crippen LogP contribution in [0, 0.1) is 0 Å². The van der Waals surface area contributed by atoms with E-state index in [0.717, 1.165) is 64.2 Å². The first-order valence-corrected chi connectivity index (χ1v) is 32.4. The monoisotopic (exact) mass is 1020 g/mol. The number of esters is 1. The summed E-state index contributed by atoms with van der Waals surface area (Å²) in [6, 6.07) is -0.640. The van der Waals surface area contributed by atoms with Crippen molar-refractivity contribution in [3.63, 3.8) is 0 Å². The van der Waals surface area contributed by atoms with Gasteiger partial charge in [-0.1, -0.05) is 287 Å². The van der Waals surface area contributed by atoms with Crippen LogP contribution in [-0.4, -0.2) is 47.4 Å². The molecule has 0 aromatic heterocycles. The Kier molecular flexibility index (Phi) is 60.5. The van der Waals surface area contributed by atoms with Gasteiger partial charge in [0, 0.05) is 12.8 Å². The van der Waals surface area contributed by atoms with E-state index in [1.54, 1.807) is 6.08 Å². The van der Waals surface area contributed by atoms with Gasteiger partial charge in [0.25, 0.3) is 0 Å². The molecule has 0 heterocycles. The van der Waals surface area contributed by atoms with Crippen molar-refractivity contribution in [2.45, 2.75) is 353 Å². The molecule has 428 valence electrons. The first-order valence-electron chi connectivity index (χ1n) is 32.4. The first kappa shape index (κ1) is 70.8. The molecule has 0 saturated carbocycles. The third-order valence-electron chi connectivity index (χ3n) is 14.8. The summed E-state index contributed by atoms with van der Waals surface area (Å²) in [5.74, 6) is -0.0946. The lowest BCUT2D eigenvalue weighted by molar-refractivity contribution is -0.143. The van der Waals surface area contributed by atoms with E-state index in [-0.39, 0.29) is 18.5 Å². The Bertz CT molecular complexity index is 1230. The average Bonchev–Trinajstić information content (AvgIpc) is 3.39. The third-order valence-corrected chi connectivity index (χ3v) is 14.8. The molecule has 3 N–H and O–H groups in total. The molecule has 0 rings (SSSR count). The SMILES string of the molecule is CCCCC/C=C\C/C=C\CCCCCCCC(=O)OCCCCCCCC/C=C\CCCCCCCCCC(=O)NC(CO)C(O)/C=C/CCCCCCCCCCCCCCCCCCCCCCCC. The summed E-state index contributed by atoms with van der Waals surface area (Å²) in [5, 5.41) is 23.2. The van der Waals surface area contributed by atoms with Crippen molar-refractivity contribution in [1.29, 1.82) is 0 Å². The second-order valence-corrected chi connectivity index (χ2v) is 22.1. The summed E-state index contributed by atoms with van der Waals surface area (Å²) in [6.45, 7) is 4.87. The van der Waals surface area contributed by atoms with Crippen LogP contribution in [0.15, 0.2) is 48.6 Å². The Morgan fingerprint density at radius 1 is 0.384 bits per heavy atom. The molecule has 2 atom stereocenters. The van der Waals surface area contributed by atoms with Gasteiger partial charge in [0.2, 0.25) is 5.91 Å². The lowest BCUT2D eigenvalue weighted by Gasteiger charge is -2.20. The molecule has 6 nitrogen and oxygen atoms in total. The van der Waals surface area contributed by atoms with Crippen molar-refractivity contribution < 1.29 is 24.5 Å². The molecule has 2 unspecified atom stereocenters. The number of hydrogen-bond donors (Lipinski definition) is 3. The molecule has 0 saturated heterocycles. The molecule has 0 radical (unpaired) electrons. The van der Waals surface area contributed by atoms with Gasteiger partial charge in [-0.25, -0.2) is 0 Å². The summed E-state index contributed by atoms with van der Waals surface area (Å²) >= 11 is 0. The topological polar surface area (TPSA) is 95.9 Å². The lowest BCUT2D eigenvalue weighted by Crippen LogP contribution is -2.45. The van der Waals surface area contributed by atoms with Crippen LogP contribution in [0.2, 0.25) is 0 Å². The van der Waals surface area contributed by atoms with Crippen LogP contribution >= 0.6 is 0 Å². The number of rotatable bonds is 60. The van der Waals surface area contributed by atoms with E-state index in [2.05, 4.69) is 55.6 Å². The fourth-order valence-corrected chi connectivity index (χ4v) is 9.84. The maximum atomic E-state index is 12.5. The summed E-state index contributed by atoms with van der Waals surface area (Å²) in [6.07, 6.45) is 80.1. The number of aliphatic hydroxyl groups is 2. The van der Waals surface area contributed by atoms with Gasteiger partial charge in [-0.3, -0.25) is 9.59 Å². The largest absolute Gasteiger partial charge is 0.466 e. The van der Waals surface area contributed by atoms with Crippen molar-refractivity contribution in [3.05, 3.63) is 48.6 Å². The number of carbonyl (C=O) groups is 2. The van der Waals surface area contributed by atoms with Crippen LogP contribution in [0.4, 0.5) is 0 Å². The van der Waals surface area contributed by atoms with Crippen LogP contribution < -0.4 is 5.32 Å². The third kappa shape index (κ3) is 58.9. The molecule has 1 amide bonds. The van der Waals surface area contributed by atoms with Crippen molar-refractivity contribution in [2.75, 3.05) is 13.2 Å². The Labute approximate surface area is 455 Å². The minimum atomic E-state index is -0.855. The van der Waals surface area contributed by atoms with E-state index in [4.69, 9.17) is 4.74 Å². The van der Waals surface area contributed by atoms with Crippen LogP contribution in [-0.2, 0) is 14.3 Å². The van der Waals surface area contributed by atoms with Crippen LogP contribution in [0.25, 0.3) is 0 Å². The van der Waals surface area contributed by atoms with Gasteiger partial charge < -0.3 is 20.3 Å². The fourth-order valence-electron chi connectivity index (χ4n) is 9.84. The second-order valence-electron chi connectivity index (χ2n) is 22.1. The number of allylic oxidation sites excluding steroid dienone is 7. The van der Waals surface area contributed by atoms with Gasteiger partial charge in [0.1, 0.15) is 0 Å². The summed E-state index contributed by atoms with van der Waals surface area (Å²) in [4.78, 5) is 24.6. The molecule has 0 spiro atoms. The highest BCUT2D eigenvalue weighted by atomic mass is 16.5. The summed E-state index contributed by atoms with van der Waals surface area (Å²) < 4.78 is 5.47. The molecule has 0 bridgehead atoms. The molecule has 0 aliphatic heterocycles. The summed E-state index contributed by atoms with van der Waals surface area (Å²) in [5.41, 5.74) is 0. The van der Waals surface area contributed by atoms with Gasteiger partial charge in [-0.05, 0) is 89.9 Å². The van der Waals surface area contributed by atoms with Gasteiger partial charge in [0.15, 0.2) is 0 Å². The van der Waals surface area contributed by atoms with Gasteiger partial charge >= 0.3 is 5.97 Å². The number of aliphatic hydroxyl groups excluding tert-OH is 2. The molecule has 0 aliphatic carbocycles. The van der Waals surface area contributed by atoms with E-state index < -0.39 is 12.1 Å². The number of amides is 1. The number of carbonyl (C=O) groups excluding carboxylic acids is 2. The van der Waals surface area contributed by atoms with Crippen molar-refractivity contribution in [1.82, 2.24) is 5.32 Å². The number of ether oxygens (including phenoxy) is 1. The van der Waals surface area contributed by atoms with Crippen molar-refractivity contribution in [3.8, 4) is 0 Å². The maximum Gasteiger partial charge on any atom is 0.305 e. The zero-order chi connectivity index (χ0) is 52.9. The highest BCUT2D eigenvalue weighted by molar-refractivity contribution is 5.76. The second kappa shape index (κ2) is 62.4. The van der Waals surface area contributed by atoms with E-state index in [1.807, 2.05) is 6.08 Å². The van der Waals surface area contributed by atoms with Gasteiger partial charge in [0.05, 0.1) is 25.4 Å². The minimum Gasteiger partial charge on any atom is -0.466 e. The molecule has 0 aliphatic rings. The lowest BCUT2D eigenvalue weighted by atomic mass is 10.0. The Balaban J connectivity index is 3.49. The van der Waals surface area contributed by atoms with Crippen LogP contribution in [0.1, 0.15) is 341 Å². The van der Waals surface area contributed by atoms with Gasteiger partial charge in [-0.2, -0.15) is 0 Å². The number of hydrogen-bond acceptors (Lipinski definition) is 5. The highest BCUT2D eigenvalue weighted by Crippen LogP contribution is 2.17. The van der Waals surface area contributed by atoms with Gasteiger partial charge in [-0.15, -0.1) is 0 Å². The fraction of sp³-hybridized carbons (Fsp3) is 0.851. The van der Waals surface area contributed by atoms with Crippen LogP contribution in [0.3, 0.4) is 0 Å². The van der Waals surface area contributed by atoms with E-state index in [9.17, 15) is 19.8 Å². The molecule has 0 fully saturated rings. The first-order chi connectivity index (χ1) is 36.0. The molecule has 6 heteroatoms. The Morgan fingerprint density at radius 3 is 1.08 bits per heavy atom. The quantitative estimate of drug-likeness (QED) is 0.0320. The Morgan fingerprint density at radius 2 is 0.685 bits per heavy atom. The smallest absolute Gasteiger partial charge is 0.305 e. The van der Waals surface area contributed by atoms with Crippen molar-refractivity contribution in [2.24, 2.45) is 0 Å². The number of unbranched alkanes of at least 4 members (excludes halogenated alkanes) is 43. The maximum absolute atomic E-state index is 12.5. The molecule has 0 aromatic carbocycles. The van der Waals surface area contributed by atoms with E-state index in [0.29, 0.717) is 19.4 Å². The van der Waals surface area contributed by atoms with E-state index in [1.165, 1.54) is 250 Å². The van der Waals surface area contributed by atoms with Crippen molar-refractivity contribution >= 4 is 11.9 Å². The zero-order valence-electron chi connectivity index (χ0n) is 48.9. The predicted octanol–water partition coefficient (Wildman–Crippen LogP) is 20.5. The standard InChI is InChI=1S/C67H125NO5/c1-3-5-7-9-11-13-15-17-19-20-21-22-23-24-25-26-28-32-35-39-43-47-51-55-59-65(70)64(63-69)68-66(71)60-56-52-48-44-40-36-33-29-27-30-34-38-42-46-50-54-58-62-73-67(72)61-57-53-49-45-41-37-31-18-16-14-12-10-8-6-4-2/h12,14,18,27,30-31,55,59,64-65,69-70H,3-11,13,15-17,19-26,28-29,32-54,56-58,60-63H2,1-2H3,(H,68,71)/b14-12-,30-27-,31-18-,59-55+. The molecule has 73 heavy (non-hydrogen) atoms. The minimum absolute atomic E-state index is 0.0166.